The zero-order valence-electron chi connectivity index (χ0n) is 20.8. The summed E-state index contributed by atoms with van der Waals surface area (Å²) in [5.74, 6) is -3.93. The van der Waals surface area contributed by atoms with Crippen LogP contribution in [0.5, 0.6) is 11.5 Å². The summed E-state index contributed by atoms with van der Waals surface area (Å²) in [5, 5.41) is 0. The molecule has 5 atom stereocenters. The van der Waals surface area contributed by atoms with E-state index in [4.69, 9.17) is 33.2 Å². The summed E-state index contributed by atoms with van der Waals surface area (Å²) in [5.41, 5.74) is 0.273. The number of rotatable bonds is 10. The lowest BCUT2D eigenvalue weighted by molar-refractivity contribution is -0.288. The van der Waals surface area contributed by atoms with Gasteiger partial charge in [0.05, 0.1) is 7.11 Å². The molecule has 1 heterocycles. The highest BCUT2D eigenvalue weighted by molar-refractivity contribution is 5.79. The predicted octanol–water partition coefficient (Wildman–Crippen LogP) is 1.67. The number of allylic oxidation sites excluding steroid dienone is 1. The number of aldehydes is 1. The number of halogens is 1. The van der Waals surface area contributed by atoms with E-state index in [2.05, 4.69) is 0 Å². The lowest BCUT2D eigenvalue weighted by atomic mass is 9.98. The van der Waals surface area contributed by atoms with Gasteiger partial charge < -0.3 is 33.2 Å². The van der Waals surface area contributed by atoms with Crippen LogP contribution >= 0.6 is 0 Å². The average Bonchev–Trinajstić information content (AvgIpc) is 2.81. The smallest absolute Gasteiger partial charge is 0.303 e. The molecule has 1 aromatic rings. The molecule has 12 nitrogen and oxygen atoms in total. The third-order valence-corrected chi connectivity index (χ3v) is 4.80. The summed E-state index contributed by atoms with van der Waals surface area (Å²) in [6.07, 6.45) is -5.89. The lowest BCUT2D eigenvalue weighted by Gasteiger charge is -2.44. The molecule has 0 radical (unpaired) electrons. The number of benzene rings is 1. The Morgan fingerprint density at radius 3 is 2.03 bits per heavy atom. The summed E-state index contributed by atoms with van der Waals surface area (Å²) in [4.78, 5) is 57.7. The van der Waals surface area contributed by atoms with Gasteiger partial charge in [-0.25, -0.2) is 4.39 Å². The van der Waals surface area contributed by atoms with Crippen molar-refractivity contribution >= 4 is 36.2 Å². The topological polar surface area (TPSA) is 150 Å². The first kappa shape index (κ1) is 29.2. The van der Waals surface area contributed by atoms with Crippen LogP contribution in [0.2, 0.25) is 0 Å². The standard InChI is InChI=1S/C24H27FO12/c1-12(27)32-11-20-21(33-13(2)28)22(34-14(3)29)23(35-15(4)30)24(37-20)36-18-7-6-16(8-17(25)10-26)9-19(18)31-5/h6-10,20-24H,11H2,1-5H3/b17-8-/t20-,21-,22+,23-,24-/m1/s1. The van der Waals surface area contributed by atoms with Crippen molar-refractivity contribution in [3.05, 3.63) is 29.6 Å². The third-order valence-electron chi connectivity index (χ3n) is 4.80. The molecule has 1 fully saturated rings. The zero-order valence-corrected chi connectivity index (χ0v) is 20.8. The second-order valence-corrected chi connectivity index (χ2v) is 7.74. The van der Waals surface area contributed by atoms with E-state index in [0.717, 1.165) is 33.8 Å². The van der Waals surface area contributed by atoms with Crippen molar-refractivity contribution in [1.29, 1.82) is 0 Å². The van der Waals surface area contributed by atoms with Crippen LogP contribution in [0.15, 0.2) is 24.0 Å². The van der Waals surface area contributed by atoms with Crippen molar-refractivity contribution in [2.45, 2.75) is 58.4 Å². The SMILES string of the molecule is COc1cc(/C=C(\F)C=O)ccc1O[C@@H]1O[C@H](COC(C)=O)[C@@H](OC(C)=O)[C@H](OC(C)=O)[C@H]1OC(C)=O. The number of carbonyl (C=O) groups is 5. The molecule has 0 aromatic heterocycles. The Labute approximate surface area is 211 Å². The molecule has 1 aliphatic heterocycles. The van der Waals surface area contributed by atoms with Crippen LogP contribution in [0.4, 0.5) is 4.39 Å². The maximum absolute atomic E-state index is 13.4. The van der Waals surface area contributed by atoms with Crippen LogP contribution in [0.1, 0.15) is 33.3 Å². The fourth-order valence-electron chi connectivity index (χ4n) is 3.47. The van der Waals surface area contributed by atoms with Gasteiger partial charge in [-0.05, 0) is 23.8 Å². The fourth-order valence-corrected chi connectivity index (χ4v) is 3.47. The van der Waals surface area contributed by atoms with Crippen molar-refractivity contribution in [3.8, 4) is 11.5 Å². The van der Waals surface area contributed by atoms with Gasteiger partial charge in [0.1, 0.15) is 12.7 Å². The molecule has 0 saturated carbocycles. The number of carbonyl (C=O) groups excluding carboxylic acids is 5. The van der Waals surface area contributed by atoms with Crippen molar-refractivity contribution in [3.63, 3.8) is 0 Å². The summed E-state index contributed by atoms with van der Waals surface area (Å²) >= 11 is 0. The summed E-state index contributed by atoms with van der Waals surface area (Å²) in [6.45, 7) is 4.01. The van der Waals surface area contributed by atoms with Gasteiger partial charge in [0, 0.05) is 27.7 Å². The molecule has 1 saturated heterocycles. The number of hydrogen-bond acceptors (Lipinski definition) is 12. The molecule has 0 N–H and O–H groups in total. The van der Waals surface area contributed by atoms with Gasteiger partial charge >= 0.3 is 23.9 Å². The highest BCUT2D eigenvalue weighted by atomic mass is 19.1. The van der Waals surface area contributed by atoms with E-state index < -0.39 is 67.0 Å². The quantitative estimate of drug-likeness (QED) is 0.189. The summed E-state index contributed by atoms with van der Waals surface area (Å²) in [6, 6.07) is 4.15. The monoisotopic (exact) mass is 526 g/mol. The molecule has 0 spiro atoms. The van der Waals surface area contributed by atoms with E-state index in [9.17, 15) is 28.4 Å². The van der Waals surface area contributed by atoms with Gasteiger partial charge in [-0.3, -0.25) is 24.0 Å². The Morgan fingerprint density at radius 2 is 1.49 bits per heavy atom. The second kappa shape index (κ2) is 13.3. The number of esters is 4. The molecule has 2 rings (SSSR count). The molecule has 37 heavy (non-hydrogen) atoms. The maximum Gasteiger partial charge on any atom is 0.303 e. The number of ether oxygens (including phenoxy) is 7. The number of hydrogen-bond donors (Lipinski definition) is 0. The first-order chi connectivity index (χ1) is 17.4. The summed E-state index contributed by atoms with van der Waals surface area (Å²) in [7, 11) is 1.30. The van der Waals surface area contributed by atoms with Gasteiger partial charge in [0.25, 0.3) is 0 Å². The molecule has 0 amide bonds. The Bertz CT molecular complexity index is 1050. The Balaban J connectivity index is 2.52. The normalized spacial score (nSPS) is 23.3. The molecule has 1 aromatic carbocycles. The molecular weight excluding hydrogens is 499 g/mol. The maximum atomic E-state index is 13.4. The van der Waals surface area contributed by atoms with E-state index in [1.54, 1.807) is 0 Å². The van der Waals surface area contributed by atoms with E-state index in [1.807, 2.05) is 0 Å². The van der Waals surface area contributed by atoms with Crippen LogP contribution in [0.3, 0.4) is 0 Å². The van der Waals surface area contributed by atoms with Crippen LogP contribution in [-0.4, -0.2) is 74.6 Å². The minimum atomic E-state index is -1.48. The van der Waals surface area contributed by atoms with Crippen LogP contribution in [0, 0.1) is 0 Å². The van der Waals surface area contributed by atoms with Crippen LogP contribution in [0.25, 0.3) is 6.08 Å². The average molecular weight is 526 g/mol. The molecule has 0 aliphatic carbocycles. The van der Waals surface area contributed by atoms with Crippen molar-refractivity contribution in [1.82, 2.24) is 0 Å². The highest BCUT2D eigenvalue weighted by Gasteiger charge is 2.53. The Kier molecular flexibility index (Phi) is 10.5. The van der Waals surface area contributed by atoms with E-state index >= 15 is 0 Å². The van der Waals surface area contributed by atoms with Gasteiger partial charge in [-0.1, -0.05) is 6.07 Å². The second-order valence-electron chi connectivity index (χ2n) is 7.74. The van der Waals surface area contributed by atoms with E-state index in [1.165, 1.54) is 25.3 Å². The van der Waals surface area contributed by atoms with Crippen LogP contribution < -0.4 is 9.47 Å². The van der Waals surface area contributed by atoms with Crippen molar-refractivity contribution in [2.75, 3.05) is 13.7 Å². The van der Waals surface area contributed by atoms with Gasteiger partial charge in [-0.2, -0.15) is 0 Å². The first-order valence-electron chi connectivity index (χ1n) is 10.9. The first-order valence-corrected chi connectivity index (χ1v) is 10.9. The van der Waals surface area contributed by atoms with Gasteiger partial charge in [0.2, 0.25) is 12.4 Å². The minimum Gasteiger partial charge on any atom is -0.493 e. The Hall–Kier alpha value is -4.00. The molecular formula is C24H27FO12. The molecule has 0 bridgehead atoms. The molecule has 13 heteroatoms. The van der Waals surface area contributed by atoms with Gasteiger partial charge in [-0.15, -0.1) is 0 Å². The van der Waals surface area contributed by atoms with E-state index in [-0.39, 0.29) is 23.3 Å². The van der Waals surface area contributed by atoms with Crippen molar-refractivity contribution < 1.29 is 61.5 Å². The third kappa shape index (κ3) is 8.56. The van der Waals surface area contributed by atoms with Crippen LogP contribution in [-0.2, 0) is 47.7 Å². The lowest BCUT2D eigenvalue weighted by Crippen LogP contribution is -2.63. The molecule has 202 valence electrons. The molecule has 1 aliphatic rings. The largest absolute Gasteiger partial charge is 0.493 e. The fraction of sp³-hybridized carbons (Fsp3) is 0.458. The number of methoxy groups -OCH3 is 1. The predicted molar refractivity (Wildman–Crippen MR) is 121 cm³/mol. The van der Waals surface area contributed by atoms with Gasteiger partial charge in [0.15, 0.2) is 35.8 Å². The van der Waals surface area contributed by atoms with Crippen molar-refractivity contribution in [2.24, 2.45) is 0 Å². The zero-order chi connectivity index (χ0) is 27.7. The minimum absolute atomic E-state index is 0.0343. The van der Waals surface area contributed by atoms with E-state index in [0.29, 0.717) is 0 Å². The highest BCUT2D eigenvalue weighted by Crippen LogP contribution is 2.35. The summed E-state index contributed by atoms with van der Waals surface area (Å²) < 4.78 is 51.4. The Morgan fingerprint density at radius 1 is 0.892 bits per heavy atom. The molecule has 0 unspecified atom stereocenters.